The number of anilines is 1. The molecule has 0 heterocycles. The molecule has 0 fully saturated rings. The highest BCUT2D eigenvalue weighted by molar-refractivity contribution is 7.85. The van der Waals surface area contributed by atoms with E-state index in [1.165, 1.54) is 24.3 Å². The summed E-state index contributed by atoms with van der Waals surface area (Å²) < 4.78 is 31.1. The zero-order chi connectivity index (χ0) is 23.7. The molecule has 1 N–H and O–H groups in total. The van der Waals surface area contributed by atoms with Gasteiger partial charge in [-0.05, 0) is 79.7 Å². The number of nitrogens with zero attached hydrogens (tertiary/aromatic N) is 6. The Bertz CT molecular complexity index is 1260. The van der Waals surface area contributed by atoms with Gasteiger partial charge in [-0.1, -0.05) is 0 Å². The zero-order valence-corrected chi connectivity index (χ0v) is 18.7. The number of hydrogen-bond donors (Lipinski definition) is 1. The molecule has 0 aromatic heterocycles. The van der Waals surface area contributed by atoms with Crippen molar-refractivity contribution in [1.82, 2.24) is 0 Å². The molecule has 0 bridgehead atoms. The summed E-state index contributed by atoms with van der Waals surface area (Å²) in [6.07, 6.45) is 0.477. The minimum atomic E-state index is -4.23. The highest BCUT2D eigenvalue weighted by Gasteiger charge is 2.08. The van der Waals surface area contributed by atoms with Crippen molar-refractivity contribution in [3.05, 3.63) is 72.8 Å². The number of hydrogen-bond acceptors (Lipinski definition) is 8. The minimum Gasteiger partial charge on any atom is -0.371 e. The summed E-state index contributed by atoms with van der Waals surface area (Å²) in [5, 5.41) is 25.4. The molecule has 0 unspecified atom stereocenters. The summed E-state index contributed by atoms with van der Waals surface area (Å²) in [6, 6.07) is 22.2. The summed E-state index contributed by atoms with van der Waals surface area (Å²) >= 11 is 0. The quantitative estimate of drug-likeness (QED) is 0.286. The molecule has 168 valence electrons. The molecule has 0 saturated heterocycles. The Morgan fingerprint density at radius 3 is 1.55 bits per heavy atom. The molecule has 0 spiro atoms. The Morgan fingerprint density at radius 1 is 0.788 bits per heavy atom. The van der Waals surface area contributed by atoms with Gasteiger partial charge in [-0.25, -0.2) is 0 Å². The molecule has 3 rings (SSSR count). The van der Waals surface area contributed by atoms with Crippen LogP contribution in [0.4, 0.5) is 28.4 Å². The van der Waals surface area contributed by atoms with Crippen molar-refractivity contribution in [2.75, 3.05) is 18.0 Å². The van der Waals surface area contributed by atoms with Gasteiger partial charge in [0.05, 0.1) is 40.1 Å². The van der Waals surface area contributed by atoms with Gasteiger partial charge in [-0.15, -0.1) is 0 Å². The van der Waals surface area contributed by atoms with Gasteiger partial charge in [-0.3, -0.25) is 4.55 Å². The van der Waals surface area contributed by atoms with Crippen molar-refractivity contribution in [3.63, 3.8) is 0 Å². The Hall–Kier alpha value is -3.94. The van der Waals surface area contributed by atoms with Crippen molar-refractivity contribution < 1.29 is 13.0 Å². The highest BCUT2D eigenvalue weighted by atomic mass is 32.2. The van der Waals surface area contributed by atoms with Crippen molar-refractivity contribution in [2.45, 2.75) is 18.2 Å². The van der Waals surface area contributed by atoms with Crippen LogP contribution in [0.25, 0.3) is 0 Å². The summed E-state index contributed by atoms with van der Waals surface area (Å²) in [4.78, 5) is 1.92. The maximum atomic E-state index is 11.1. The molecular weight excluding hydrogens is 440 g/mol. The van der Waals surface area contributed by atoms with Crippen LogP contribution in [0.2, 0.25) is 0 Å². The lowest BCUT2D eigenvalue weighted by Gasteiger charge is -2.21. The van der Waals surface area contributed by atoms with Crippen LogP contribution in [0.5, 0.6) is 0 Å². The van der Waals surface area contributed by atoms with Crippen LogP contribution in [0.1, 0.15) is 13.3 Å². The minimum absolute atomic E-state index is 0.201. The average molecular weight is 463 g/mol. The largest absolute Gasteiger partial charge is 0.371 e. The van der Waals surface area contributed by atoms with Crippen LogP contribution in [0.3, 0.4) is 0 Å². The van der Waals surface area contributed by atoms with Gasteiger partial charge >= 0.3 is 0 Å². The second-order valence-corrected chi connectivity index (χ2v) is 8.31. The molecule has 9 nitrogen and oxygen atoms in total. The Balaban J connectivity index is 1.61. The van der Waals surface area contributed by atoms with Crippen LogP contribution >= 0.6 is 0 Å². The topological polar surface area (TPSA) is 131 Å². The normalized spacial score (nSPS) is 11.7. The molecule has 0 aliphatic carbocycles. The average Bonchev–Trinajstić information content (AvgIpc) is 2.83. The lowest BCUT2D eigenvalue weighted by Crippen LogP contribution is -2.23. The van der Waals surface area contributed by atoms with E-state index >= 15 is 0 Å². The van der Waals surface area contributed by atoms with E-state index in [-0.39, 0.29) is 4.90 Å². The molecule has 3 aromatic rings. The van der Waals surface area contributed by atoms with Gasteiger partial charge in [0.15, 0.2) is 0 Å². The Kier molecular flexibility index (Phi) is 7.96. The lowest BCUT2D eigenvalue weighted by molar-refractivity contribution is 0.483. The van der Waals surface area contributed by atoms with Gasteiger partial charge in [0.2, 0.25) is 0 Å². The predicted octanol–water partition coefficient (Wildman–Crippen LogP) is 6.50. The van der Waals surface area contributed by atoms with Gasteiger partial charge < -0.3 is 4.90 Å². The van der Waals surface area contributed by atoms with E-state index in [1.54, 1.807) is 24.3 Å². The van der Waals surface area contributed by atoms with Crippen LogP contribution in [0.15, 0.2) is 98.1 Å². The van der Waals surface area contributed by atoms with Gasteiger partial charge in [-0.2, -0.15) is 34.1 Å². The Morgan fingerprint density at radius 2 is 1.18 bits per heavy atom. The van der Waals surface area contributed by atoms with Crippen molar-refractivity contribution in [1.29, 1.82) is 5.26 Å². The molecular formula is C23H22N6O3S. The lowest BCUT2D eigenvalue weighted by atomic mass is 10.2. The third-order valence-electron chi connectivity index (χ3n) is 4.64. The maximum absolute atomic E-state index is 11.1. The zero-order valence-electron chi connectivity index (χ0n) is 17.9. The number of benzene rings is 3. The van der Waals surface area contributed by atoms with Crippen LogP contribution in [0, 0.1) is 11.3 Å². The van der Waals surface area contributed by atoms with Gasteiger partial charge in [0.25, 0.3) is 10.1 Å². The number of azo groups is 2. The molecule has 0 radical (unpaired) electrons. The highest BCUT2D eigenvalue weighted by Crippen LogP contribution is 2.25. The molecule has 0 aliphatic heterocycles. The fourth-order valence-electron chi connectivity index (χ4n) is 2.89. The molecule has 10 heteroatoms. The van der Waals surface area contributed by atoms with Crippen LogP contribution in [-0.2, 0) is 10.1 Å². The van der Waals surface area contributed by atoms with E-state index in [9.17, 15) is 8.42 Å². The summed E-state index contributed by atoms with van der Waals surface area (Å²) in [7, 11) is -4.23. The summed E-state index contributed by atoms with van der Waals surface area (Å²) in [6.45, 7) is 3.56. The van der Waals surface area contributed by atoms with E-state index in [0.29, 0.717) is 35.7 Å². The van der Waals surface area contributed by atoms with Crippen molar-refractivity contribution in [2.24, 2.45) is 20.5 Å². The third-order valence-corrected chi connectivity index (χ3v) is 5.50. The van der Waals surface area contributed by atoms with Crippen LogP contribution in [-0.4, -0.2) is 26.1 Å². The molecule has 3 aromatic carbocycles. The molecule has 0 amide bonds. The van der Waals surface area contributed by atoms with Gasteiger partial charge in [0, 0.05) is 18.8 Å². The van der Waals surface area contributed by atoms with E-state index in [2.05, 4.69) is 31.4 Å². The first-order valence-corrected chi connectivity index (χ1v) is 11.6. The number of rotatable bonds is 9. The third kappa shape index (κ3) is 7.03. The predicted molar refractivity (Wildman–Crippen MR) is 126 cm³/mol. The maximum Gasteiger partial charge on any atom is 0.294 e. The molecule has 33 heavy (non-hydrogen) atoms. The summed E-state index contributed by atoms with van der Waals surface area (Å²) in [5.41, 5.74) is 3.44. The van der Waals surface area contributed by atoms with Crippen molar-refractivity contribution in [3.8, 4) is 6.07 Å². The van der Waals surface area contributed by atoms with E-state index in [0.717, 1.165) is 12.2 Å². The standard InChI is InChI=1S/C23H22N6O3S/c1-2-29(17-3-16-24)22-12-8-20(9-13-22)27-25-18-4-6-19(7-5-18)26-28-21-10-14-23(15-11-21)33(30,31)32/h4-15H,2-3,17H2,1H3,(H,30,31,32). The molecule has 0 saturated carbocycles. The molecule has 0 atom stereocenters. The first-order chi connectivity index (χ1) is 15.9. The Labute approximate surface area is 192 Å². The van der Waals surface area contributed by atoms with E-state index in [4.69, 9.17) is 9.81 Å². The molecule has 0 aliphatic rings. The monoisotopic (exact) mass is 462 g/mol. The summed E-state index contributed by atoms with van der Waals surface area (Å²) in [5.74, 6) is 0. The van der Waals surface area contributed by atoms with E-state index in [1.807, 2.05) is 31.2 Å². The smallest absolute Gasteiger partial charge is 0.294 e. The second-order valence-electron chi connectivity index (χ2n) is 6.89. The fourth-order valence-corrected chi connectivity index (χ4v) is 3.37. The van der Waals surface area contributed by atoms with Gasteiger partial charge in [0.1, 0.15) is 0 Å². The van der Waals surface area contributed by atoms with E-state index < -0.39 is 10.1 Å². The second kappa shape index (κ2) is 11.1. The first-order valence-electron chi connectivity index (χ1n) is 10.1. The fraction of sp³-hybridized carbons (Fsp3) is 0.174. The van der Waals surface area contributed by atoms with Crippen molar-refractivity contribution >= 4 is 38.6 Å². The number of nitriles is 1. The van der Waals surface area contributed by atoms with Crippen LogP contribution < -0.4 is 4.90 Å². The SMILES string of the molecule is CCN(CCC#N)c1ccc(N=Nc2ccc(N=Nc3ccc(S(=O)(=O)O)cc3)cc2)cc1. The first kappa shape index (κ1) is 23.7.